The molecule has 0 amide bonds. The number of ketones is 1. The zero-order chi connectivity index (χ0) is 7.40. The molecule has 1 aliphatic rings. The second-order valence-electron chi connectivity index (χ2n) is 2.82. The molecule has 1 fully saturated rings. The lowest BCUT2D eigenvalue weighted by Gasteiger charge is -2.17. The van der Waals surface area contributed by atoms with Gasteiger partial charge < -0.3 is 0 Å². The molecule has 0 N–H and O–H groups in total. The first-order valence-electron chi connectivity index (χ1n) is 3.81. The number of rotatable bonds is 1. The standard InChI is InChI=1S/C9H12O/c1-2-5-8-6-3-4-7-9(8)10/h1,8H,3-7H2. The topological polar surface area (TPSA) is 17.1 Å². The van der Waals surface area contributed by atoms with Gasteiger partial charge >= 0.3 is 0 Å². The van der Waals surface area contributed by atoms with Crippen molar-refractivity contribution in [1.82, 2.24) is 0 Å². The highest BCUT2D eigenvalue weighted by atomic mass is 16.1. The number of terminal acetylenes is 1. The third-order valence-corrected chi connectivity index (χ3v) is 2.05. The number of carbonyl (C=O) groups is 1. The monoisotopic (exact) mass is 136 g/mol. The third kappa shape index (κ3) is 1.60. The molecule has 0 bridgehead atoms. The summed E-state index contributed by atoms with van der Waals surface area (Å²) in [5.74, 6) is 3.12. The zero-order valence-electron chi connectivity index (χ0n) is 6.10. The molecule has 0 heterocycles. The van der Waals surface area contributed by atoms with E-state index in [2.05, 4.69) is 5.92 Å². The van der Waals surface area contributed by atoms with Gasteiger partial charge in [0.2, 0.25) is 0 Å². The largest absolute Gasteiger partial charge is 0.299 e. The fourth-order valence-corrected chi connectivity index (χ4v) is 1.41. The van der Waals surface area contributed by atoms with Gasteiger partial charge in [-0.1, -0.05) is 6.42 Å². The lowest BCUT2D eigenvalue weighted by Crippen LogP contribution is -2.18. The Morgan fingerprint density at radius 2 is 2.40 bits per heavy atom. The molecule has 0 aromatic heterocycles. The number of carbonyl (C=O) groups excluding carboxylic acids is 1. The SMILES string of the molecule is C#CCC1CCCCC1=O. The van der Waals surface area contributed by atoms with Gasteiger partial charge in [-0.15, -0.1) is 12.3 Å². The number of hydrogen-bond donors (Lipinski definition) is 0. The van der Waals surface area contributed by atoms with Crippen LogP contribution in [0.3, 0.4) is 0 Å². The fraction of sp³-hybridized carbons (Fsp3) is 0.667. The average Bonchev–Trinajstić information content (AvgIpc) is 1.94. The predicted molar refractivity (Wildman–Crippen MR) is 40.4 cm³/mol. The lowest BCUT2D eigenvalue weighted by molar-refractivity contribution is -0.124. The third-order valence-electron chi connectivity index (χ3n) is 2.05. The zero-order valence-corrected chi connectivity index (χ0v) is 6.10. The van der Waals surface area contributed by atoms with Crippen LogP contribution in [-0.4, -0.2) is 5.78 Å². The normalized spacial score (nSPS) is 25.9. The first-order valence-corrected chi connectivity index (χ1v) is 3.81. The quantitative estimate of drug-likeness (QED) is 0.502. The van der Waals surface area contributed by atoms with Gasteiger partial charge in [0.1, 0.15) is 5.78 Å². The minimum Gasteiger partial charge on any atom is -0.299 e. The summed E-state index contributed by atoms with van der Waals surface area (Å²) >= 11 is 0. The summed E-state index contributed by atoms with van der Waals surface area (Å²) in [5.41, 5.74) is 0. The first-order chi connectivity index (χ1) is 4.84. The van der Waals surface area contributed by atoms with Crippen LogP contribution in [0, 0.1) is 18.3 Å². The molecule has 1 atom stereocenters. The van der Waals surface area contributed by atoms with Gasteiger partial charge in [0, 0.05) is 18.8 Å². The van der Waals surface area contributed by atoms with E-state index in [0.29, 0.717) is 12.2 Å². The van der Waals surface area contributed by atoms with Crippen LogP contribution in [0.1, 0.15) is 32.1 Å². The summed E-state index contributed by atoms with van der Waals surface area (Å²) < 4.78 is 0. The van der Waals surface area contributed by atoms with Crippen molar-refractivity contribution in [2.45, 2.75) is 32.1 Å². The van der Waals surface area contributed by atoms with Crippen molar-refractivity contribution in [3.05, 3.63) is 0 Å². The molecule has 10 heavy (non-hydrogen) atoms. The molecule has 0 spiro atoms. The maximum Gasteiger partial charge on any atom is 0.136 e. The summed E-state index contributed by atoms with van der Waals surface area (Å²) in [4.78, 5) is 11.1. The van der Waals surface area contributed by atoms with Gasteiger partial charge in [0.25, 0.3) is 0 Å². The van der Waals surface area contributed by atoms with Crippen molar-refractivity contribution < 1.29 is 4.79 Å². The molecule has 1 saturated carbocycles. The van der Waals surface area contributed by atoms with Crippen molar-refractivity contribution >= 4 is 5.78 Å². The van der Waals surface area contributed by atoms with E-state index >= 15 is 0 Å². The predicted octanol–water partition coefficient (Wildman–Crippen LogP) is 1.77. The Balaban J connectivity index is 2.42. The van der Waals surface area contributed by atoms with E-state index in [1.807, 2.05) is 0 Å². The number of Topliss-reactive ketones (excluding diaryl/α,β-unsaturated/α-hetero) is 1. The van der Waals surface area contributed by atoms with Crippen molar-refractivity contribution in [3.63, 3.8) is 0 Å². The van der Waals surface area contributed by atoms with Crippen LogP contribution in [0.5, 0.6) is 0 Å². The molecule has 1 rings (SSSR count). The number of hydrogen-bond acceptors (Lipinski definition) is 1. The smallest absolute Gasteiger partial charge is 0.136 e. The highest BCUT2D eigenvalue weighted by molar-refractivity contribution is 5.81. The molecular weight excluding hydrogens is 124 g/mol. The molecule has 0 aliphatic heterocycles. The Morgan fingerprint density at radius 3 is 3.00 bits per heavy atom. The molecule has 1 heteroatoms. The summed E-state index contributed by atoms with van der Waals surface area (Å²) in [6.07, 6.45) is 9.79. The van der Waals surface area contributed by atoms with Crippen LogP contribution in [0.4, 0.5) is 0 Å². The van der Waals surface area contributed by atoms with Crippen LogP contribution in [-0.2, 0) is 4.79 Å². The summed E-state index contributed by atoms with van der Waals surface area (Å²) in [6, 6.07) is 0. The molecule has 1 nitrogen and oxygen atoms in total. The Kier molecular flexibility index (Phi) is 2.50. The average molecular weight is 136 g/mol. The Labute approximate surface area is 61.8 Å². The van der Waals surface area contributed by atoms with Crippen molar-refractivity contribution in [2.24, 2.45) is 5.92 Å². The summed E-state index contributed by atoms with van der Waals surface area (Å²) in [5, 5.41) is 0. The first kappa shape index (κ1) is 7.34. The Morgan fingerprint density at radius 1 is 1.60 bits per heavy atom. The van der Waals surface area contributed by atoms with Gasteiger partial charge in [0.15, 0.2) is 0 Å². The van der Waals surface area contributed by atoms with Gasteiger partial charge in [-0.25, -0.2) is 0 Å². The molecule has 0 aromatic rings. The fourth-order valence-electron chi connectivity index (χ4n) is 1.41. The van der Waals surface area contributed by atoms with Gasteiger partial charge in [-0.3, -0.25) is 4.79 Å². The van der Waals surface area contributed by atoms with Gasteiger partial charge in [-0.2, -0.15) is 0 Å². The van der Waals surface area contributed by atoms with E-state index in [-0.39, 0.29) is 5.92 Å². The van der Waals surface area contributed by atoms with E-state index in [1.54, 1.807) is 0 Å². The maximum atomic E-state index is 11.1. The maximum absolute atomic E-state index is 11.1. The molecule has 1 unspecified atom stereocenters. The van der Waals surface area contributed by atoms with Crippen LogP contribution >= 0.6 is 0 Å². The molecule has 0 radical (unpaired) electrons. The molecule has 54 valence electrons. The lowest BCUT2D eigenvalue weighted by atomic mass is 9.86. The highest BCUT2D eigenvalue weighted by Gasteiger charge is 2.20. The van der Waals surface area contributed by atoms with Crippen LogP contribution in [0.25, 0.3) is 0 Å². The minimum atomic E-state index is 0.193. The highest BCUT2D eigenvalue weighted by Crippen LogP contribution is 2.22. The minimum absolute atomic E-state index is 0.193. The van der Waals surface area contributed by atoms with E-state index in [9.17, 15) is 4.79 Å². The molecular formula is C9H12O. The van der Waals surface area contributed by atoms with Gasteiger partial charge in [-0.05, 0) is 12.8 Å². The van der Waals surface area contributed by atoms with E-state index in [1.165, 1.54) is 6.42 Å². The van der Waals surface area contributed by atoms with Crippen LogP contribution in [0.15, 0.2) is 0 Å². The van der Waals surface area contributed by atoms with E-state index in [0.717, 1.165) is 19.3 Å². The van der Waals surface area contributed by atoms with Crippen molar-refractivity contribution in [1.29, 1.82) is 0 Å². The van der Waals surface area contributed by atoms with E-state index in [4.69, 9.17) is 6.42 Å². The second-order valence-corrected chi connectivity index (χ2v) is 2.82. The van der Waals surface area contributed by atoms with E-state index < -0.39 is 0 Å². The van der Waals surface area contributed by atoms with Crippen LogP contribution in [0.2, 0.25) is 0 Å². The Hall–Kier alpha value is -0.770. The molecule has 1 aliphatic carbocycles. The summed E-state index contributed by atoms with van der Waals surface area (Å²) in [7, 11) is 0. The van der Waals surface area contributed by atoms with Crippen LogP contribution < -0.4 is 0 Å². The summed E-state index contributed by atoms with van der Waals surface area (Å²) in [6.45, 7) is 0. The molecule has 0 aromatic carbocycles. The Bertz CT molecular complexity index is 164. The second kappa shape index (κ2) is 3.41. The van der Waals surface area contributed by atoms with Crippen molar-refractivity contribution in [2.75, 3.05) is 0 Å². The van der Waals surface area contributed by atoms with Gasteiger partial charge in [0.05, 0.1) is 0 Å². The molecule has 0 saturated heterocycles. The van der Waals surface area contributed by atoms with Crippen molar-refractivity contribution in [3.8, 4) is 12.3 Å².